The van der Waals surface area contributed by atoms with Crippen LogP contribution in [0.3, 0.4) is 0 Å². The molecule has 1 amide bonds. The lowest BCUT2D eigenvalue weighted by Gasteiger charge is -2.23. The largest absolute Gasteiger partial charge is 0.472 e. The summed E-state index contributed by atoms with van der Waals surface area (Å²) in [6.45, 7) is 6.57. The maximum Gasteiger partial charge on any atom is 0.408 e. The van der Waals surface area contributed by atoms with Crippen LogP contribution in [0.4, 0.5) is 10.5 Å². The van der Waals surface area contributed by atoms with Crippen molar-refractivity contribution in [2.45, 2.75) is 77.9 Å². The molecule has 0 unspecified atom stereocenters. The average Bonchev–Trinajstić information content (AvgIpc) is 3.04. The summed E-state index contributed by atoms with van der Waals surface area (Å²) in [5.74, 6) is -2.46. The van der Waals surface area contributed by atoms with E-state index < -0.39 is 52.4 Å². The topological polar surface area (TPSA) is 170 Å². The molecule has 0 saturated carbocycles. The first-order chi connectivity index (χ1) is 22.8. The lowest BCUT2D eigenvalue weighted by atomic mass is 10.0. The molecule has 3 aromatic rings. The third-order valence-electron chi connectivity index (χ3n) is 6.53. The van der Waals surface area contributed by atoms with Crippen molar-refractivity contribution in [2.75, 3.05) is 6.61 Å². The van der Waals surface area contributed by atoms with Gasteiger partial charge in [-0.15, -0.1) is 0 Å². The van der Waals surface area contributed by atoms with Crippen LogP contribution in [0.25, 0.3) is 0 Å². The SMILES string of the molecule is CCOC(=O)[C@H](Cc1ccc(O[C@H](CCC(=O)OCc2ccccc2)C(=O)OCc2ccccc2)c([N+](=O)[O-])c1)NC(=O)OC(C)(C)C. The first-order valence-electron chi connectivity index (χ1n) is 15.3. The van der Waals surface area contributed by atoms with Crippen LogP contribution >= 0.6 is 0 Å². The van der Waals surface area contributed by atoms with E-state index in [0.717, 1.165) is 5.56 Å². The summed E-state index contributed by atoms with van der Waals surface area (Å²) in [5, 5.41) is 14.6. The second kappa shape index (κ2) is 18.0. The van der Waals surface area contributed by atoms with Crippen LogP contribution in [0.2, 0.25) is 0 Å². The van der Waals surface area contributed by atoms with E-state index >= 15 is 0 Å². The first kappa shape index (κ1) is 37.0. The van der Waals surface area contributed by atoms with Crippen molar-refractivity contribution >= 4 is 29.7 Å². The zero-order valence-electron chi connectivity index (χ0n) is 27.3. The molecule has 0 aliphatic heterocycles. The number of hydrogen-bond donors (Lipinski definition) is 1. The Hall–Kier alpha value is -5.46. The molecular weight excluding hydrogens is 624 g/mol. The van der Waals surface area contributed by atoms with E-state index in [9.17, 15) is 29.3 Å². The standard InChI is InChI=1S/C35H40N2O11/c1-5-44-32(39)27(36-34(41)48-35(2,3)4)20-26-16-17-29(28(21-26)37(42)43)47-30(33(40)46-23-25-14-10-7-11-15-25)18-19-31(38)45-22-24-12-8-6-9-13-24/h6-17,21,27,30H,5,18-20,22-23H2,1-4H3,(H,36,41)/t27-,30+/m0/s1. The zero-order chi connectivity index (χ0) is 35.1. The Labute approximate surface area is 278 Å². The zero-order valence-corrected chi connectivity index (χ0v) is 27.3. The summed E-state index contributed by atoms with van der Waals surface area (Å²) < 4.78 is 26.9. The van der Waals surface area contributed by atoms with Gasteiger partial charge in [0.2, 0.25) is 0 Å². The molecule has 2 atom stereocenters. The number of hydrogen-bond acceptors (Lipinski definition) is 11. The number of ether oxygens (including phenoxy) is 5. The molecule has 0 bridgehead atoms. The highest BCUT2D eigenvalue weighted by molar-refractivity contribution is 5.82. The maximum absolute atomic E-state index is 13.2. The maximum atomic E-state index is 13.2. The van der Waals surface area contributed by atoms with Crippen LogP contribution in [-0.4, -0.2) is 53.3 Å². The number of alkyl carbamates (subject to hydrolysis) is 1. The molecule has 256 valence electrons. The molecular formula is C35H40N2O11. The molecule has 0 aliphatic carbocycles. The van der Waals surface area contributed by atoms with E-state index in [1.165, 1.54) is 18.2 Å². The Kier molecular flexibility index (Phi) is 13.9. The average molecular weight is 665 g/mol. The summed E-state index contributed by atoms with van der Waals surface area (Å²) in [7, 11) is 0. The summed E-state index contributed by atoms with van der Waals surface area (Å²) in [6, 6.07) is 20.6. The number of nitro benzene ring substituents is 1. The van der Waals surface area contributed by atoms with Gasteiger partial charge in [0.25, 0.3) is 0 Å². The molecule has 3 aromatic carbocycles. The Balaban J connectivity index is 1.79. The first-order valence-corrected chi connectivity index (χ1v) is 15.3. The van der Waals surface area contributed by atoms with E-state index in [1.54, 1.807) is 64.1 Å². The molecule has 0 saturated heterocycles. The van der Waals surface area contributed by atoms with E-state index in [4.69, 9.17) is 23.7 Å². The lowest BCUT2D eigenvalue weighted by Crippen LogP contribution is -2.45. The highest BCUT2D eigenvalue weighted by atomic mass is 16.6. The highest BCUT2D eigenvalue weighted by Crippen LogP contribution is 2.30. The van der Waals surface area contributed by atoms with Crippen LogP contribution < -0.4 is 10.1 Å². The number of amides is 1. The molecule has 0 aliphatic rings. The monoisotopic (exact) mass is 664 g/mol. The van der Waals surface area contributed by atoms with Crippen molar-refractivity contribution in [3.63, 3.8) is 0 Å². The molecule has 0 aromatic heterocycles. The molecule has 0 spiro atoms. The van der Waals surface area contributed by atoms with Gasteiger partial charge in [0.1, 0.15) is 24.9 Å². The van der Waals surface area contributed by atoms with E-state index in [0.29, 0.717) is 5.56 Å². The Morgan fingerprint density at radius 2 is 1.42 bits per heavy atom. The minimum atomic E-state index is -1.40. The fraction of sp³-hybridized carbons (Fsp3) is 0.371. The highest BCUT2D eigenvalue weighted by Gasteiger charge is 2.30. The lowest BCUT2D eigenvalue weighted by molar-refractivity contribution is -0.386. The van der Waals surface area contributed by atoms with Gasteiger partial charge in [-0.1, -0.05) is 66.7 Å². The third kappa shape index (κ3) is 12.7. The van der Waals surface area contributed by atoms with Gasteiger partial charge in [-0.3, -0.25) is 14.9 Å². The minimum Gasteiger partial charge on any atom is -0.472 e. The van der Waals surface area contributed by atoms with Crippen LogP contribution in [0.1, 0.15) is 57.2 Å². The number of esters is 3. The smallest absolute Gasteiger partial charge is 0.408 e. The number of nitro groups is 1. The van der Waals surface area contributed by atoms with Gasteiger partial charge in [-0.05, 0) is 50.5 Å². The van der Waals surface area contributed by atoms with Crippen LogP contribution in [0, 0.1) is 10.1 Å². The quantitative estimate of drug-likeness (QED) is 0.0874. The van der Waals surface area contributed by atoms with Crippen molar-refractivity contribution in [1.29, 1.82) is 0 Å². The van der Waals surface area contributed by atoms with Crippen molar-refractivity contribution < 1.29 is 47.8 Å². The van der Waals surface area contributed by atoms with Gasteiger partial charge >= 0.3 is 29.7 Å². The number of rotatable bonds is 16. The molecule has 48 heavy (non-hydrogen) atoms. The van der Waals surface area contributed by atoms with Crippen molar-refractivity contribution in [3.8, 4) is 5.75 Å². The Morgan fingerprint density at radius 3 is 1.98 bits per heavy atom. The minimum absolute atomic E-state index is 0.0339. The second-order valence-electron chi connectivity index (χ2n) is 11.6. The Morgan fingerprint density at radius 1 is 0.812 bits per heavy atom. The Bertz CT molecular complexity index is 1540. The normalized spacial score (nSPS) is 12.2. The molecule has 1 N–H and O–H groups in total. The number of carbonyl (C=O) groups is 4. The van der Waals surface area contributed by atoms with Crippen molar-refractivity contribution in [3.05, 3.63) is 106 Å². The molecule has 13 nitrogen and oxygen atoms in total. The van der Waals surface area contributed by atoms with Gasteiger partial charge in [0.05, 0.1) is 11.5 Å². The van der Waals surface area contributed by atoms with Crippen LogP contribution in [0.5, 0.6) is 5.75 Å². The van der Waals surface area contributed by atoms with E-state index in [2.05, 4.69) is 5.32 Å². The van der Waals surface area contributed by atoms with Crippen LogP contribution in [0.15, 0.2) is 78.9 Å². The summed E-state index contributed by atoms with van der Waals surface area (Å²) in [4.78, 5) is 62.2. The molecule has 0 fully saturated rings. The van der Waals surface area contributed by atoms with Gasteiger partial charge in [-0.25, -0.2) is 14.4 Å². The predicted octanol–water partition coefficient (Wildman–Crippen LogP) is 5.61. The fourth-order valence-electron chi connectivity index (χ4n) is 4.31. The van der Waals surface area contributed by atoms with Crippen molar-refractivity contribution in [1.82, 2.24) is 5.32 Å². The van der Waals surface area contributed by atoms with Gasteiger partial charge < -0.3 is 29.0 Å². The second-order valence-corrected chi connectivity index (χ2v) is 11.6. The number of nitrogens with one attached hydrogen (secondary N) is 1. The van der Waals surface area contributed by atoms with E-state index in [-0.39, 0.29) is 50.4 Å². The number of benzene rings is 3. The van der Waals surface area contributed by atoms with Gasteiger partial charge in [0.15, 0.2) is 11.9 Å². The number of nitrogens with zero attached hydrogens (tertiary/aromatic N) is 1. The molecule has 0 radical (unpaired) electrons. The predicted molar refractivity (Wildman–Crippen MR) is 173 cm³/mol. The summed E-state index contributed by atoms with van der Waals surface area (Å²) >= 11 is 0. The van der Waals surface area contributed by atoms with Crippen molar-refractivity contribution in [2.24, 2.45) is 0 Å². The van der Waals surface area contributed by atoms with E-state index in [1.807, 2.05) is 24.3 Å². The van der Waals surface area contributed by atoms with Crippen LogP contribution in [-0.2, 0) is 53.0 Å². The fourth-order valence-corrected chi connectivity index (χ4v) is 4.31. The molecule has 13 heteroatoms. The summed E-state index contributed by atoms with van der Waals surface area (Å²) in [5.41, 5.74) is 0.426. The van der Waals surface area contributed by atoms with Gasteiger partial charge in [0, 0.05) is 25.3 Å². The molecule has 0 heterocycles. The molecule has 3 rings (SSSR count). The number of carbonyl (C=O) groups excluding carboxylic acids is 4. The summed E-state index contributed by atoms with van der Waals surface area (Å²) in [6.07, 6.45) is -2.86. The third-order valence-corrected chi connectivity index (χ3v) is 6.53. The van der Waals surface area contributed by atoms with Gasteiger partial charge in [-0.2, -0.15) is 0 Å².